The fourth-order valence-electron chi connectivity index (χ4n) is 2.09. The van der Waals surface area contributed by atoms with E-state index >= 15 is 0 Å². The standard InChI is InChI=1S/C17H28OS2Si/c1-16(2,3)21(4,5)18-14-17(19-12-9-13-20-17)15-10-7-6-8-11-15/h6-8,10-11H,9,12-14H2,1-5H3. The lowest BCUT2D eigenvalue weighted by molar-refractivity contribution is 0.279. The zero-order valence-electron chi connectivity index (χ0n) is 13.9. The molecule has 0 atom stereocenters. The summed E-state index contributed by atoms with van der Waals surface area (Å²) in [6.07, 6.45) is 1.31. The van der Waals surface area contributed by atoms with E-state index < -0.39 is 8.32 Å². The molecule has 0 N–H and O–H groups in total. The predicted molar refractivity (Wildman–Crippen MR) is 101 cm³/mol. The van der Waals surface area contributed by atoms with Crippen LogP contribution in [0.3, 0.4) is 0 Å². The van der Waals surface area contributed by atoms with E-state index in [1.807, 2.05) is 0 Å². The molecule has 0 spiro atoms. The van der Waals surface area contributed by atoms with Crippen LogP contribution >= 0.6 is 23.5 Å². The molecule has 0 unspecified atom stereocenters. The Balaban J connectivity index is 2.19. The zero-order chi connectivity index (χ0) is 15.6. The van der Waals surface area contributed by atoms with E-state index in [0.717, 1.165) is 6.61 Å². The first-order valence-corrected chi connectivity index (χ1v) is 12.6. The fraction of sp³-hybridized carbons (Fsp3) is 0.647. The van der Waals surface area contributed by atoms with Gasteiger partial charge in [0.1, 0.15) is 4.08 Å². The summed E-state index contributed by atoms with van der Waals surface area (Å²) in [6, 6.07) is 10.9. The average molecular weight is 341 g/mol. The minimum atomic E-state index is -1.70. The minimum absolute atomic E-state index is 0.0923. The number of benzene rings is 1. The van der Waals surface area contributed by atoms with E-state index in [1.165, 1.54) is 23.5 Å². The third-order valence-corrected chi connectivity index (χ3v) is 12.4. The molecule has 1 aromatic rings. The molecule has 1 fully saturated rings. The molecule has 0 aromatic heterocycles. The van der Waals surface area contributed by atoms with Crippen LogP contribution in [0.25, 0.3) is 0 Å². The zero-order valence-corrected chi connectivity index (χ0v) is 16.6. The first kappa shape index (κ1) is 17.5. The second-order valence-electron chi connectivity index (χ2n) is 7.22. The molecule has 1 aliphatic rings. The van der Waals surface area contributed by atoms with Gasteiger partial charge in [-0.25, -0.2) is 0 Å². The van der Waals surface area contributed by atoms with Gasteiger partial charge in [-0.15, -0.1) is 23.5 Å². The monoisotopic (exact) mass is 340 g/mol. The number of thioether (sulfide) groups is 2. The summed E-state index contributed by atoms with van der Waals surface area (Å²) in [7, 11) is -1.70. The second kappa shape index (κ2) is 6.69. The van der Waals surface area contributed by atoms with Crippen LogP contribution in [0.15, 0.2) is 30.3 Å². The third kappa shape index (κ3) is 4.09. The Kier molecular flexibility index (Phi) is 5.56. The van der Waals surface area contributed by atoms with Gasteiger partial charge in [-0.1, -0.05) is 51.1 Å². The molecule has 4 heteroatoms. The fourth-order valence-corrected chi connectivity index (χ4v) is 6.45. The highest BCUT2D eigenvalue weighted by atomic mass is 32.2. The summed E-state index contributed by atoms with van der Waals surface area (Å²) < 4.78 is 6.68. The van der Waals surface area contributed by atoms with E-state index in [1.54, 1.807) is 0 Å². The first-order valence-electron chi connectivity index (χ1n) is 7.74. The van der Waals surface area contributed by atoms with Crippen molar-refractivity contribution in [2.24, 2.45) is 0 Å². The predicted octanol–water partition coefficient (Wildman–Crippen LogP) is 5.73. The van der Waals surface area contributed by atoms with Crippen molar-refractivity contribution in [2.75, 3.05) is 18.1 Å². The lowest BCUT2D eigenvalue weighted by Crippen LogP contribution is -2.44. The Hall–Kier alpha value is 0.0969. The Morgan fingerprint density at radius 3 is 2.19 bits per heavy atom. The van der Waals surface area contributed by atoms with Gasteiger partial charge in [-0.3, -0.25) is 0 Å². The lowest BCUT2D eigenvalue weighted by atomic mass is 10.1. The molecule has 0 amide bonds. The molecular weight excluding hydrogens is 312 g/mol. The summed E-state index contributed by atoms with van der Waals surface area (Å²) in [6.45, 7) is 12.5. The van der Waals surface area contributed by atoms with E-state index in [0.29, 0.717) is 0 Å². The molecule has 118 valence electrons. The molecule has 0 saturated carbocycles. The Morgan fingerprint density at radius 2 is 1.67 bits per heavy atom. The van der Waals surface area contributed by atoms with Crippen molar-refractivity contribution in [3.05, 3.63) is 35.9 Å². The van der Waals surface area contributed by atoms with Gasteiger partial charge < -0.3 is 4.43 Å². The van der Waals surface area contributed by atoms with E-state index in [9.17, 15) is 0 Å². The summed E-state index contributed by atoms with van der Waals surface area (Å²) in [5.74, 6) is 2.48. The summed E-state index contributed by atoms with van der Waals surface area (Å²) >= 11 is 4.15. The van der Waals surface area contributed by atoms with Gasteiger partial charge in [0.25, 0.3) is 0 Å². The molecule has 0 radical (unpaired) electrons. The van der Waals surface area contributed by atoms with Gasteiger partial charge in [-0.2, -0.15) is 0 Å². The van der Waals surface area contributed by atoms with Crippen molar-refractivity contribution in [1.29, 1.82) is 0 Å². The van der Waals surface area contributed by atoms with Crippen LogP contribution in [0, 0.1) is 0 Å². The van der Waals surface area contributed by atoms with Gasteiger partial charge in [0.15, 0.2) is 8.32 Å². The average Bonchev–Trinajstić information content (AvgIpc) is 2.46. The maximum atomic E-state index is 6.59. The normalized spacial score (nSPS) is 19.5. The van der Waals surface area contributed by atoms with Crippen LogP contribution in [-0.4, -0.2) is 26.4 Å². The second-order valence-corrected chi connectivity index (χ2v) is 15.1. The number of hydrogen-bond acceptors (Lipinski definition) is 3. The smallest absolute Gasteiger partial charge is 0.192 e. The SMILES string of the molecule is CC(C)(C)[Si](C)(C)OCC1(c2ccccc2)SCCCS1. The Bertz CT molecular complexity index is 448. The first-order chi connectivity index (χ1) is 9.77. The van der Waals surface area contributed by atoms with Gasteiger partial charge in [-0.05, 0) is 41.6 Å². The van der Waals surface area contributed by atoms with Gasteiger partial charge in [0.05, 0.1) is 6.61 Å². The molecule has 0 bridgehead atoms. The summed E-state index contributed by atoms with van der Waals surface area (Å²) in [5.41, 5.74) is 1.42. The maximum absolute atomic E-state index is 6.59. The third-order valence-electron chi connectivity index (χ3n) is 4.60. The minimum Gasteiger partial charge on any atom is -0.414 e. The molecule has 21 heavy (non-hydrogen) atoms. The highest BCUT2D eigenvalue weighted by Crippen LogP contribution is 2.51. The molecule has 1 saturated heterocycles. The van der Waals surface area contributed by atoms with E-state index in [2.05, 4.69) is 87.7 Å². The topological polar surface area (TPSA) is 9.23 Å². The van der Waals surface area contributed by atoms with Gasteiger partial charge >= 0.3 is 0 Å². The lowest BCUT2D eigenvalue weighted by Gasteiger charge is -2.42. The number of rotatable bonds is 4. The van der Waals surface area contributed by atoms with Gasteiger partial charge in [0.2, 0.25) is 0 Å². The largest absolute Gasteiger partial charge is 0.414 e. The van der Waals surface area contributed by atoms with Crippen LogP contribution in [-0.2, 0) is 8.51 Å². The molecule has 1 heterocycles. The van der Waals surface area contributed by atoms with Crippen LogP contribution in [0.2, 0.25) is 18.1 Å². The van der Waals surface area contributed by atoms with E-state index in [-0.39, 0.29) is 9.12 Å². The quantitative estimate of drug-likeness (QED) is 0.648. The van der Waals surface area contributed by atoms with Crippen LogP contribution in [0.5, 0.6) is 0 Å². The van der Waals surface area contributed by atoms with Crippen molar-refractivity contribution in [3.8, 4) is 0 Å². The summed E-state index contributed by atoms with van der Waals surface area (Å²) in [4.78, 5) is 0. The molecule has 1 aromatic carbocycles. The highest BCUT2D eigenvalue weighted by molar-refractivity contribution is 8.18. The Morgan fingerprint density at radius 1 is 1.10 bits per heavy atom. The maximum Gasteiger partial charge on any atom is 0.192 e. The van der Waals surface area contributed by atoms with Crippen molar-refractivity contribution in [1.82, 2.24) is 0 Å². The molecule has 2 rings (SSSR count). The summed E-state index contributed by atoms with van der Waals surface area (Å²) in [5, 5.41) is 0.273. The van der Waals surface area contributed by atoms with Crippen molar-refractivity contribution >= 4 is 31.8 Å². The van der Waals surface area contributed by atoms with Crippen LogP contribution in [0.1, 0.15) is 32.8 Å². The van der Waals surface area contributed by atoms with Crippen molar-refractivity contribution in [3.63, 3.8) is 0 Å². The number of hydrogen-bond donors (Lipinski definition) is 0. The highest BCUT2D eigenvalue weighted by Gasteiger charge is 2.42. The molecule has 1 nitrogen and oxygen atoms in total. The Labute approximate surface area is 139 Å². The van der Waals surface area contributed by atoms with Crippen molar-refractivity contribution in [2.45, 2.75) is 49.4 Å². The van der Waals surface area contributed by atoms with Crippen LogP contribution < -0.4 is 0 Å². The van der Waals surface area contributed by atoms with Gasteiger partial charge in [0, 0.05) is 0 Å². The molecule has 0 aliphatic carbocycles. The molecular formula is C17H28OS2Si. The molecule has 1 aliphatic heterocycles. The van der Waals surface area contributed by atoms with Crippen LogP contribution in [0.4, 0.5) is 0 Å². The van der Waals surface area contributed by atoms with Crippen molar-refractivity contribution < 1.29 is 4.43 Å². The van der Waals surface area contributed by atoms with E-state index in [4.69, 9.17) is 4.43 Å².